The fourth-order valence-corrected chi connectivity index (χ4v) is 2.72. The highest BCUT2D eigenvalue weighted by Gasteiger charge is 2.17. The van der Waals surface area contributed by atoms with E-state index >= 15 is 0 Å². The Morgan fingerprint density at radius 3 is 2.63 bits per heavy atom. The van der Waals surface area contributed by atoms with Crippen LogP contribution in [-0.2, 0) is 4.79 Å². The molecule has 7 nitrogen and oxygen atoms in total. The van der Waals surface area contributed by atoms with Crippen molar-refractivity contribution in [2.24, 2.45) is 0 Å². The van der Waals surface area contributed by atoms with Crippen LogP contribution in [0.4, 0.5) is 5.82 Å². The van der Waals surface area contributed by atoms with Crippen LogP contribution in [-0.4, -0.2) is 31.8 Å². The first-order valence-corrected chi connectivity index (χ1v) is 8.74. The van der Waals surface area contributed by atoms with Crippen LogP contribution >= 0.6 is 0 Å². The van der Waals surface area contributed by atoms with Gasteiger partial charge in [-0.3, -0.25) is 4.79 Å². The quantitative estimate of drug-likeness (QED) is 0.750. The fourth-order valence-electron chi connectivity index (χ4n) is 2.72. The van der Waals surface area contributed by atoms with E-state index in [2.05, 4.69) is 20.4 Å². The first kappa shape index (κ1) is 18.6. The predicted molar refractivity (Wildman–Crippen MR) is 103 cm³/mol. The number of amides is 1. The molecule has 0 aliphatic rings. The Labute approximate surface area is 158 Å². The molecule has 0 fully saturated rings. The van der Waals surface area contributed by atoms with Crippen LogP contribution in [0.1, 0.15) is 29.4 Å². The number of ether oxygens (including phenoxy) is 1. The lowest BCUT2D eigenvalue weighted by molar-refractivity contribution is -0.122. The monoisotopic (exact) mass is 365 g/mol. The van der Waals surface area contributed by atoms with Crippen molar-refractivity contribution in [1.82, 2.24) is 19.7 Å². The zero-order chi connectivity index (χ0) is 19.6. The van der Waals surface area contributed by atoms with E-state index in [1.54, 1.807) is 17.7 Å². The summed E-state index contributed by atoms with van der Waals surface area (Å²) in [4.78, 5) is 20.9. The standard InChI is InChI=1S/C20H23N5O2/c1-12-7-6-8-17(15(12)4)27-16(5)20(26)23-18-10-19(22-11-21-18)25-14(3)9-13(2)24-25/h6-11,16H,1-5H3,(H,21,22,23,26). The SMILES string of the molecule is Cc1cc(C)n(-c2cc(NC(=O)C(C)Oc3cccc(C)c3C)ncn2)n1. The third-order valence-corrected chi connectivity index (χ3v) is 4.36. The third-order valence-electron chi connectivity index (χ3n) is 4.36. The van der Waals surface area contributed by atoms with E-state index in [0.717, 1.165) is 22.5 Å². The van der Waals surface area contributed by atoms with Crippen LogP contribution in [0.25, 0.3) is 5.82 Å². The van der Waals surface area contributed by atoms with Crippen LogP contribution in [0, 0.1) is 27.7 Å². The Balaban J connectivity index is 1.73. The predicted octanol–water partition coefficient (Wildman–Crippen LogP) is 3.30. The number of anilines is 1. The average molecular weight is 365 g/mol. The van der Waals surface area contributed by atoms with Crippen molar-refractivity contribution in [2.45, 2.75) is 40.7 Å². The number of hydrogen-bond acceptors (Lipinski definition) is 5. The molecule has 1 N–H and O–H groups in total. The average Bonchev–Trinajstić information content (AvgIpc) is 2.97. The second-order valence-electron chi connectivity index (χ2n) is 6.55. The van der Waals surface area contributed by atoms with E-state index in [1.165, 1.54) is 6.33 Å². The molecule has 1 amide bonds. The highest BCUT2D eigenvalue weighted by atomic mass is 16.5. The van der Waals surface area contributed by atoms with Crippen molar-refractivity contribution in [1.29, 1.82) is 0 Å². The maximum absolute atomic E-state index is 12.5. The Hall–Kier alpha value is -3.22. The lowest BCUT2D eigenvalue weighted by Gasteiger charge is -2.17. The number of benzene rings is 1. The van der Waals surface area contributed by atoms with Gasteiger partial charge in [-0.2, -0.15) is 5.10 Å². The number of aryl methyl sites for hydroxylation is 3. The van der Waals surface area contributed by atoms with Gasteiger partial charge in [0.15, 0.2) is 11.9 Å². The summed E-state index contributed by atoms with van der Waals surface area (Å²) in [5.41, 5.74) is 3.98. The smallest absolute Gasteiger partial charge is 0.266 e. The van der Waals surface area contributed by atoms with Crippen molar-refractivity contribution in [3.8, 4) is 11.6 Å². The zero-order valence-electron chi connectivity index (χ0n) is 16.1. The summed E-state index contributed by atoms with van der Waals surface area (Å²) in [6, 6.07) is 9.42. The van der Waals surface area contributed by atoms with Crippen LogP contribution < -0.4 is 10.1 Å². The fraction of sp³-hybridized carbons (Fsp3) is 0.300. The molecule has 0 aliphatic carbocycles. The molecule has 2 heterocycles. The van der Waals surface area contributed by atoms with E-state index in [0.29, 0.717) is 17.4 Å². The van der Waals surface area contributed by atoms with Gasteiger partial charge in [0, 0.05) is 11.8 Å². The molecule has 3 aromatic rings. The summed E-state index contributed by atoms with van der Waals surface area (Å²) in [6.45, 7) is 9.55. The molecule has 140 valence electrons. The van der Waals surface area contributed by atoms with Crippen molar-refractivity contribution in [3.05, 3.63) is 59.2 Å². The highest BCUT2D eigenvalue weighted by Crippen LogP contribution is 2.22. The maximum atomic E-state index is 12.5. The number of nitrogens with zero attached hydrogens (tertiary/aromatic N) is 4. The minimum absolute atomic E-state index is 0.283. The number of aromatic nitrogens is 4. The van der Waals surface area contributed by atoms with E-state index in [1.807, 2.05) is 52.0 Å². The third kappa shape index (κ3) is 4.13. The maximum Gasteiger partial charge on any atom is 0.266 e. The number of nitrogens with one attached hydrogen (secondary N) is 1. The van der Waals surface area contributed by atoms with Crippen LogP contribution in [0.5, 0.6) is 5.75 Å². The minimum Gasteiger partial charge on any atom is -0.481 e. The van der Waals surface area contributed by atoms with Crippen molar-refractivity contribution < 1.29 is 9.53 Å². The number of hydrogen-bond donors (Lipinski definition) is 1. The Kier molecular flexibility index (Phi) is 5.21. The van der Waals surface area contributed by atoms with E-state index < -0.39 is 6.10 Å². The topological polar surface area (TPSA) is 81.9 Å². The largest absolute Gasteiger partial charge is 0.481 e. The molecular formula is C20H23N5O2. The minimum atomic E-state index is -0.669. The van der Waals surface area contributed by atoms with Gasteiger partial charge in [0.05, 0.1) is 5.69 Å². The van der Waals surface area contributed by atoms with Gasteiger partial charge in [0.1, 0.15) is 17.9 Å². The van der Waals surface area contributed by atoms with Gasteiger partial charge in [-0.1, -0.05) is 12.1 Å². The molecule has 0 saturated heterocycles. The van der Waals surface area contributed by atoms with Gasteiger partial charge in [0.2, 0.25) is 0 Å². The molecule has 3 rings (SSSR count). The number of rotatable bonds is 5. The summed E-state index contributed by atoms with van der Waals surface area (Å²) < 4.78 is 7.54. The molecule has 1 aromatic carbocycles. The molecular weight excluding hydrogens is 342 g/mol. The normalized spacial score (nSPS) is 11.9. The second-order valence-corrected chi connectivity index (χ2v) is 6.55. The lowest BCUT2D eigenvalue weighted by Crippen LogP contribution is -2.30. The van der Waals surface area contributed by atoms with Crippen molar-refractivity contribution in [2.75, 3.05) is 5.32 Å². The summed E-state index contributed by atoms with van der Waals surface area (Å²) in [6.07, 6.45) is 0.732. The molecule has 2 aromatic heterocycles. The molecule has 0 aliphatic heterocycles. The summed E-state index contributed by atoms with van der Waals surface area (Å²) >= 11 is 0. The Morgan fingerprint density at radius 1 is 1.15 bits per heavy atom. The van der Waals surface area contributed by atoms with Gasteiger partial charge >= 0.3 is 0 Å². The molecule has 1 atom stereocenters. The molecule has 0 spiro atoms. The molecule has 1 unspecified atom stereocenters. The first-order valence-electron chi connectivity index (χ1n) is 8.74. The van der Waals surface area contributed by atoms with E-state index in [9.17, 15) is 4.79 Å². The van der Waals surface area contributed by atoms with E-state index in [4.69, 9.17) is 4.74 Å². The molecule has 0 saturated carbocycles. The zero-order valence-corrected chi connectivity index (χ0v) is 16.1. The summed E-state index contributed by atoms with van der Waals surface area (Å²) in [5, 5.41) is 7.17. The van der Waals surface area contributed by atoms with Gasteiger partial charge in [-0.25, -0.2) is 14.6 Å². The Bertz CT molecular complexity index is 980. The van der Waals surface area contributed by atoms with Gasteiger partial charge in [-0.15, -0.1) is 0 Å². The van der Waals surface area contributed by atoms with Crippen LogP contribution in [0.3, 0.4) is 0 Å². The first-order chi connectivity index (χ1) is 12.8. The molecule has 0 radical (unpaired) electrons. The van der Waals surface area contributed by atoms with E-state index in [-0.39, 0.29) is 5.91 Å². The molecule has 27 heavy (non-hydrogen) atoms. The number of carbonyl (C=O) groups is 1. The second kappa shape index (κ2) is 7.57. The van der Waals surface area contributed by atoms with Crippen LogP contribution in [0.2, 0.25) is 0 Å². The summed E-state index contributed by atoms with van der Waals surface area (Å²) in [7, 11) is 0. The summed E-state index contributed by atoms with van der Waals surface area (Å²) in [5.74, 6) is 1.40. The molecule has 0 bridgehead atoms. The van der Waals surface area contributed by atoms with Crippen LogP contribution in [0.15, 0.2) is 36.7 Å². The van der Waals surface area contributed by atoms with Crippen molar-refractivity contribution >= 4 is 11.7 Å². The Morgan fingerprint density at radius 2 is 1.93 bits per heavy atom. The van der Waals surface area contributed by atoms with Crippen molar-refractivity contribution in [3.63, 3.8) is 0 Å². The van der Waals surface area contributed by atoms with Gasteiger partial charge in [-0.05, 0) is 57.9 Å². The highest BCUT2D eigenvalue weighted by molar-refractivity contribution is 5.93. The van der Waals surface area contributed by atoms with Gasteiger partial charge < -0.3 is 10.1 Å². The lowest BCUT2D eigenvalue weighted by atomic mass is 10.1. The van der Waals surface area contributed by atoms with Gasteiger partial charge in [0.25, 0.3) is 5.91 Å². The molecule has 7 heteroatoms. The number of carbonyl (C=O) groups excluding carboxylic acids is 1.